The molecule has 0 atom stereocenters. The van der Waals surface area contributed by atoms with Crippen LogP contribution >= 0.6 is 11.8 Å². The van der Waals surface area contributed by atoms with Gasteiger partial charge in [0.2, 0.25) is 5.95 Å². The van der Waals surface area contributed by atoms with Gasteiger partial charge in [0.05, 0.1) is 11.3 Å². The van der Waals surface area contributed by atoms with Crippen LogP contribution < -0.4 is 5.32 Å². The molecule has 27 heavy (non-hydrogen) atoms. The number of nitrogens with one attached hydrogen (secondary N) is 1. The molecule has 0 aliphatic rings. The van der Waals surface area contributed by atoms with Crippen LogP contribution in [-0.2, 0) is 0 Å². The highest BCUT2D eigenvalue weighted by molar-refractivity contribution is 7.99. The summed E-state index contributed by atoms with van der Waals surface area (Å²) in [6, 6.07) is 11.8. The maximum absolute atomic E-state index is 5.45. The third-order valence-corrected chi connectivity index (χ3v) is 5.30. The number of anilines is 2. The minimum absolute atomic E-state index is 0.565. The van der Waals surface area contributed by atoms with Gasteiger partial charge in [0.15, 0.2) is 0 Å². The van der Waals surface area contributed by atoms with E-state index < -0.39 is 0 Å². The van der Waals surface area contributed by atoms with Crippen LogP contribution in [0.4, 0.5) is 11.6 Å². The lowest BCUT2D eigenvalue weighted by Crippen LogP contribution is -1.98. The quantitative estimate of drug-likeness (QED) is 0.330. The number of thioether (sulfide) groups is 1. The van der Waals surface area contributed by atoms with E-state index in [1.54, 1.807) is 18.0 Å². The number of nitrogens with zero attached hydrogens (tertiary/aromatic N) is 3. The van der Waals surface area contributed by atoms with Crippen LogP contribution in [0.1, 0.15) is 44.8 Å². The van der Waals surface area contributed by atoms with Gasteiger partial charge in [0, 0.05) is 11.9 Å². The monoisotopic (exact) mass is 382 g/mol. The van der Waals surface area contributed by atoms with E-state index in [0.717, 1.165) is 33.5 Å². The Morgan fingerprint density at radius 2 is 1.85 bits per heavy atom. The summed E-state index contributed by atoms with van der Waals surface area (Å²) in [4.78, 5) is 8.99. The normalized spacial score (nSPS) is 10.9. The minimum Gasteiger partial charge on any atom is -0.360 e. The van der Waals surface area contributed by atoms with Crippen LogP contribution in [0.3, 0.4) is 0 Å². The van der Waals surface area contributed by atoms with Gasteiger partial charge in [0.1, 0.15) is 10.8 Å². The number of unbranched alkanes of at least 4 members (excludes halogenated alkanes) is 4. The Kier molecular flexibility index (Phi) is 7.27. The largest absolute Gasteiger partial charge is 0.360 e. The topological polar surface area (TPSA) is 63.8 Å². The van der Waals surface area contributed by atoms with E-state index in [0.29, 0.717) is 5.95 Å². The molecule has 1 N–H and O–H groups in total. The molecule has 6 heteroatoms. The van der Waals surface area contributed by atoms with Crippen molar-refractivity contribution in [2.24, 2.45) is 0 Å². The first-order valence-electron chi connectivity index (χ1n) is 9.52. The second-order valence-corrected chi connectivity index (χ2v) is 7.52. The first-order valence-corrected chi connectivity index (χ1v) is 10.5. The van der Waals surface area contributed by atoms with E-state index in [9.17, 15) is 0 Å². The van der Waals surface area contributed by atoms with Gasteiger partial charge in [-0.05, 0) is 37.3 Å². The van der Waals surface area contributed by atoms with Crippen molar-refractivity contribution in [2.75, 3.05) is 11.1 Å². The Bertz CT molecular complexity index is 835. The number of hydrogen-bond acceptors (Lipinski definition) is 6. The molecule has 0 radical (unpaired) electrons. The van der Waals surface area contributed by atoms with Crippen molar-refractivity contribution in [3.8, 4) is 11.3 Å². The Morgan fingerprint density at radius 3 is 2.67 bits per heavy atom. The standard InChI is InChI=1S/C21H26N4OS/c1-3-4-5-6-10-15-27-20-19(16(2)26-25-20)18-13-14-22-21(24-18)23-17-11-8-7-9-12-17/h7-9,11-14H,3-6,10,15H2,1-2H3,(H,22,23,24). The molecule has 3 aromatic rings. The Labute approximate surface area is 165 Å². The summed E-state index contributed by atoms with van der Waals surface area (Å²) in [5.74, 6) is 2.39. The molecule has 0 amide bonds. The van der Waals surface area contributed by atoms with Gasteiger partial charge in [-0.25, -0.2) is 9.97 Å². The Hall–Kier alpha value is -2.34. The van der Waals surface area contributed by atoms with Crippen LogP contribution in [0.25, 0.3) is 11.3 Å². The summed E-state index contributed by atoms with van der Waals surface area (Å²) in [5, 5.41) is 8.39. The summed E-state index contributed by atoms with van der Waals surface area (Å²) < 4.78 is 5.45. The molecule has 0 fully saturated rings. The fourth-order valence-corrected chi connectivity index (χ4v) is 3.85. The number of aromatic nitrogens is 3. The number of rotatable bonds is 10. The SMILES string of the molecule is CCCCCCCSc1noc(C)c1-c1ccnc(Nc2ccccc2)n1. The maximum atomic E-state index is 5.45. The molecule has 0 unspecified atom stereocenters. The van der Waals surface area contributed by atoms with Crippen molar-refractivity contribution in [3.63, 3.8) is 0 Å². The lowest BCUT2D eigenvalue weighted by Gasteiger charge is -2.07. The molecule has 1 aromatic carbocycles. The highest BCUT2D eigenvalue weighted by Gasteiger charge is 2.17. The zero-order chi connectivity index (χ0) is 18.9. The average Bonchev–Trinajstić information content (AvgIpc) is 3.06. The third kappa shape index (κ3) is 5.57. The molecule has 3 rings (SSSR count). The molecule has 0 bridgehead atoms. The highest BCUT2D eigenvalue weighted by atomic mass is 32.2. The molecule has 5 nitrogen and oxygen atoms in total. The predicted octanol–water partition coefficient (Wildman–Crippen LogP) is 6.25. The summed E-state index contributed by atoms with van der Waals surface area (Å²) in [5.41, 5.74) is 2.75. The van der Waals surface area contributed by atoms with Crippen LogP contribution in [0.2, 0.25) is 0 Å². The predicted molar refractivity (Wildman–Crippen MR) is 111 cm³/mol. The summed E-state index contributed by atoms with van der Waals surface area (Å²) in [6.45, 7) is 4.17. The summed E-state index contributed by atoms with van der Waals surface area (Å²) in [6.07, 6.45) is 8.12. The van der Waals surface area contributed by atoms with E-state index in [-0.39, 0.29) is 0 Å². The number of benzene rings is 1. The first kappa shape index (κ1) is 19.4. The van der Waals surface area contributed by atoms with E-state index in [1.165, 1.54) is 32.1 Å². The maximum Gasteiger partial charge on any atom is 0.227 e. The van der Waals surface area contributed by atoms with Crippen molar-refractivity contribution in [3.05, 3.63) is 48.4 Å². The van der Waals surface area contributed by atoms with Gasteiger partial charge in [-0.1, -0.05) is 56.0 Å². The van der Waals surface area contributed by atoms with Gasteiger partial charge >= 0.3 is 0 Å². The Balaban J connectivity index is 1.69. The lowest BCUT2D eigenvalue weighted by atomic mass is 10.2. The average molecular weight is 383 g/mol. The number of aryl methyl sites for hydroxylation is 1. The van der Waals surface area contributed by atoms with E-state index in [2.05, 4.69) is 27.4 Å². The highest BCUT2D eigenvalue weighted by Crippen LogP contribution is 2.33. The lowest BCUT2D eigenvalue weighted by molar-refractivity contribution is 0.384. The fraction of sp³-hybridized carbons (Fsp3) is 0.381. The van der Waals surface area contributed by atoms with E-state index in [4.69, 9.17) is 4.52 Å². The van der Waals surface area contributed by atoms with E-state index in [1.807, 2.05) is 43.3 Å². The third-order valence-electron chi connectivity index (χ3n) is 4.26. The molecule has 0 aliphatic carbocycles. The van der Waals surface area contributed by atoms with Crippen molar-refractivity contribution in [1.29, 1.82) is 0 Å². The van der Waals surface area contributed by atoms with E-state index >= 15 is 0 Å². The van der Waals surface area contributed by atoms with Crippen molar-refractivity contribution in [1.82, 2.24) is 15.1 Å². The van der Waals surface area contributed by atoms with Crippen molar-refractivity contribution in [2.45, 2.75) is 51.0 Å². The minimum atomic E-state index is 0.565. The molecule has 0 spiro atoms. The smallest absolute Gasteiger partial charge is 0.227 e. The van der Waals surface area contributed by atoms with Crippen molar-refractivity contribution < 1.29 is 4.52 Å². The molecule has 0 aliphatic heterocycles. The summed E-state index contributed by atoms with van der Waals surface area (Å²) >= 11 is 1.74. The molecular formula is C21H26N4OS. The van der Waals surface area contributed by atoms with Crippen LogP contribution in [0.5, 0.6) is 0 Å². The van der Waals surface area contributed by atoms with Gasteiger partial charge in [-0.3, -0.25) is 0 Å². The number of hydrogen-bond donors (Lipinski definition) is 1. The van der Waals surface area contributed by atoms with Crippen LogP contribution in [0.15, 0.2) is 52.1 Å². The van der Waals surface area contributed by atoms with Gasteiger partial charge in [-0.15, -0.1) is 11.8 Å². The Morgan fingerprint density at radius 1 is 1.04 bits per heavy atom. The van der Waals surface area contributed by atoms with Crippen LogP contribution in [0, 0.1) is 6.92 Å². The second-order valence-electron chi connectivity index (χ2n) is 6.44. The van der Waals surface area contributed by atoms with Gasteiger partial charge < -0.3 is 9.84 Å². The first-order chi connectivity index (χ1) is 13.3. The van der Waals surface area contributed by atoms with Gasteiger partial charge in [0.25, 0.3) is 0 Å². The molecule has 0 saturated heterocycles. The van der Waals surface area contributed by atoms with Crippen LogP contribution in [-0.4, -0.2) is 20.9 Å². The molecular weight excluding hydrogens is 356 g/mol. The molecule has 0 saturated carbocycles. The fourth-order valence-electron chi connectivity index (χ4n) is 2.82. The van der Waals surface area contributed by atoms with Gasteiger partial charge in [-0.2, -0.15) is 0 Å². The second kappa shape index (κ2) is 10.1. The summed E-state index contributed by atoms with van der Waals surface area (Å²) in [7, 11) is 0. The van der Waals surface area contributed by atoms with Crippen molar-refractivity contribution >= 4 is 23.4 Å². The zero-order valence-corrected chi connectivity index (χ0v) is 16.8. The molecule has 2 aromatic heterocycles. The molecule has 2 heterocycles. The number of para-hydroxylation sites is 1. The molecule has 142 valence electrons. The zero-order valence-electron chi connectivity index (χ0n) is 15.9.